The molecule has 0 atom stereocenters. The third-order valence-electron chi connectivity index (χ3n) is 2.66. The van der Waals surface area contributed by atoms with Gasteiger partial charge in [0.05, 0.1) is 10.7 Å². The van der Waals surface area contributed by atoms with Crippen molar-refractivity contribution in [3.8, 4) is 0 Å². The van der Waals surface area contributed by atoms with Gasteiger partial charge in [0.2, 0.25) is 0 Å². The zero-order valence-electron chi connectivity index (χ0n) is 11.0. The van der Waals surface area contributed by atoms with Gasteiger partial charge < -0.3 is 14.9 Å². The van der Waals surface area contributed by atoms with Crippen LogP contribution in [0.5, 0.6) is 0 Å². The minimum atomic E-state index is -1.05. The molecule has 1 amide bonds. The molecule has 2 rings (SSSR count). The van der Waals surface area contributed by atoms with Crippen molar-refractivity contribution in [3.05, 3.63) is 33.1 Å². The van der Waals surface area contributed by atoms with Crippen LogP contribution in [0.4, 0.5) is 0 Å². The standard InChI is InChI=1S/C12H13N3O4S/c1-6-10(7(2)19-15-6)11(16)13-4-3-9-14-8(5-20-9)12(17)18/h5H,3-4H2,1-2H3,(H,13,16)(H,17,18). The van der Waals surface area contributed by atoms with E-state index in [2.05, 4.69) is 15.5 Å². The first-order chi connectivity index (χ1) is 9.49. The highest BCUT2D eigenvalue weighted by Crippen LogP contribution is 2.12. The maximum absolute atomic E-state index is 11.9. The molecular weight excluding hydrogens is 282 g/mol. The number of nitrogens with one attached hydrogen (secondary N) is 1. The molecule has 2 aromatic heterocycles. The van der Waals surface area contributed by atoms with Gasteiger partial charge in [0, 0.05) is 18.3 Å². The Hall–Kier alpha value is -2.22. The highest BCUT2D eigenvalue weighted by molar-refractivity contribution is 7.09. The number of aromatic carboxylic acids is 1. The average molecular weight is 295 g/mol. The first-order valence-electron chi connectivity index (χ1n) is 5.87. The topological polar surface area (TPSA) is 105 Å². The molecule has 0 unspecified atom stereocenters. The Morgan fingerprint density at radius 2 is 2.20 bits per heavy atom. The van der Waals surface area contributed by atoms with Crippen LogP contribution in [0.3, 0.4) is 0 Å². The lowest BCUT2D eigenvalue weighted by Gasteiger charge is -2.02. The van der Waals surface area contributed by atoms with E-state index >= 15 is 0 Å². The zero-order chi connectivity index (χ0) is 14.7. The van der Waals surface area contributed by atoms with Crippen LogP contribution in [-0.4, -0.2) is 33.7 Å². The number of carboxylic acid groups (broad SMARTS) is 1. The molecule has 0 fully saturated rings. The maximum Gasteiger partial charge on any atom is 0.355 e. The van der Waals surface area contributed by atoms with Gasteiger partial charge in [0.1, 0.15) is 11.3 Å². The Kier molecular flexibility index (Phi) is 4.14. The predicted octanol–water partition coefficient (Wildman–Crippen LogP) is 1.42. The maximum atomic E-state index is 11.9. The molecule has 8 heteroatoms. The van der Waals surface area contributed by atoms with E-state index in [9.17, 15) is 9.59 Å². The van der Waals surface area contributed by atoms with E-state index in [0.717, 1.165) is 0 Å². The molecule has 0 spiro atoms. The number of amides is 1. The van der Waals surface area contributed by atoms with Crippen molar-refractivity contribution in [1.29, 1.82) is 0 Å². The second-order valence-corrected chi connectivity index (χ2v) is 5.08. The second-order valence-electron chi connectivity index (χ2n) is 4.14. The highest BCUT2D eigenvalue weighted by atomic mass is 32.1. The molecule has 7 nitrogen and oxygen atoms in total. The fraction of sp³-hybridized carbons (Fsp3) is 0.333. The van der Waals surface area contributed by atoms with Crippen LogP contribution in [0.2, 0.25) is 0 Å². The van der Waals surface area contributed by atoms with Crippen molar-refractivity contribution >= 4 is 23.2 Å². The van der Waals surface area contributed by atoms with Gasteiger partial charge in [-0.15, -0.1) is 11.3 Å². The normalized spacial score (nSPS) is 10.5. The minimum Gasteiger partial charge on any atom is -0.476 e. The van der Waals surface area contributed by atoms with E-state index in [4.69, 9.17) is 9.63 Å². The number of thiazole rings is 1. The van der Waals surface area contributed by atoms with Crippen molar-refractivity contribution in [2.24, 2.45) is 0 Å². The molecular formula is C12H13N3O4S. The number of carbonyl (C=O) groups is 2. The summed E-state index contributed by atoms with van der Waals surface area (Å²) in [6, 6.07) is 0. The van der Waals surface area contributed by atoms with Crippen molar-refractivity contribution in [2.45, 2.75) is 20.3 Å². The summed E-state index contributed by atoms with van der Waals surface area (Å²) in [5, 5.41) is 17.4. The molecule has 106 valence electrons. The summed E-state index contributed by atoms with van der Waals surface area (Å²) < 4.78 is 4.92. The van der Waals surface area contributed by atoms with E-state index in [0.29, 0.717) is 35.0 Å². The molecule has 0 aromatic carbocycles. The smallest absolute Gasteiger partial charge is 0.355 e. The van der Waals surface area contributed by atoms with Gasteiger partial charge in [-0.1, -0.05) is 5.16 Å². The molecule has 0 aliphatic carbocycles. The number of rotatable bonds is 5. The monoisotopic (exact) mass is 295 g/mol. The fourth-order valence-electron chi connectivity index (χ4n) is 1.70. The third-order valence-corrected chi connectivity index (χ3v) is 3.56. The van der Waals surface area contributed by atoms with E-state index in [1.54, 1.807) is 13.8 Å². The predicted molar refractivity (Wildman–Crippen MR) is 71.1 cm³/mol. The summed E-state index contributed by atoms with van der Waals surface area (Å²) in [6.45, 7) is 3.75. The van der Waals surface area contributed by atoms with Gasteiger partial charge in [-0.25, -0.2) is 9.78 Å². The van der Waals surface area contributed by atoms with Crippen molar-refractivity contribution in [3.63, 3.8) is 0 Å². The highest BCUT2D eigenvalue weighted by Gasteiger charge is 2.17. The number of carbonyl (C=O) groups excluding carboxylic acids is 1. The summed E-state index contributed by atoms with van der Waals surface area (Å²) in [4.78, 5) is 26.6. The summed E-state index contributed by atoms with van der Waals surface area (Å²) in [7, 11) is 0. The first-order valence-corrected chi connectivity index (χ1v) is 6.75. The Morgan fingerprint density at radius 1 is 1.45 bits per heavy atom. The van der Waals surface area contributed by atoms with Crippen LogP contribution in [-0.2, 0) is 6.42 Å². The molecule has 2 heterocycles. The van der Waals surface area contributed by atoms with E-state index in [1.807, 2.05) is 0 Å². The molecule has 0 aliphatic rings. The van der Waals surface area contributed by atoms with Gasteiger partial charge in [-0.2, -0.15) is 0 Å². The second kappa shape index (κ2) is 5.83. The van der Waals surface area contributed by atoms with Gasteiger partial charge in [0.25, 0.3) is 5.91 Å². The molecule has 2 N–H and O–H groups in total. The van der Waals surface area contributed by atoms with Crippen molar-refractivity contribution in [1.82, 2.24) is 15.5 Å². The SMILES string of the molecule is Cc1noc(C)c1C(=O)NCCc1nc(C(=O)O)cs1. The Bertz CT molecular complexity index is 627. The van der Waals surface area contributed by atoms with Crippen LogP contribution in [0.1, 0.15) is 37.3 Å². The zero-order valence-corrected chi connectivity index (χ0v) is 11.8. The number of nitrogens with zero attached hydrogens (tertiary/aromatic N) is 2. The molecule has 0 saturated heterocycles. The number of hydrogen-bond donors (Lipinski definition) is 2. The molecule has 0 bridgehead atoms. The largest absolute Gasteiger partial charge is 0.476 e. The van der Waals surface area contributed by atoms with Crippen LogP contribution >= 0.6 is 11.3 Å². The van der Waals surface area contributed by atoms with E-state index in [1.165, 1.54) is 16.7 Å². The van der Waals surface area contributed by atoms with Gasteiger partial charge in [-0.05, 0) is 13.8 Å². The minimum absolute atomic E-state index is 0.0297. The first kappa shape index (κ1) is 14.2. The molecule has 0 aliphatic heterocycles. The summed E-state index contributed by atoms with van der Waals surface area (Å²) in [5.74, 6) is -0.828. The van der Waals surface area contributed by atoms with E-state index in [-0.39, 0.29) is 11.6 Å². The Labute approximate surface area is 118 Å². The fourth-order valence-corrected chi connectivity index (χ4v) is 2.47. The average Bonchev–Trinajstić information content (AvgIpc) is 2.97. The van der Waals surface area contributed by atoms with Crippen molar-refractivity contribution in [2.75, 3.05) is 6.54 Å². The van der Waals surface area contributed by atoms with Crippen LogP contribution < -0.4 is 5.32 Å². The van der Waals surface area contributed by atoms with Gasteiger partial charge in [0.15, 0.2) is 5.69 Å². The molecule has 0 radical (unpaired) electrons. The van der Waals surface area contributed by atoms with Crippen LogP contribution in [0.25, 0.3) is 0 Å². The van der Waals surface area contributed by atoms with E-state index < -0.39 is 5.97 Å². The number of carboxylic acids is 1. The van der Waals surface area contributed by atoms with Crippen LogP contribution in [0.15, 0.2) is 9.90 Å². The van der Waals surface area contributed by atoms with Crippen molar-refractivity contribution < 1.29 is 19.2 Å². The summed E-state index contributed by atoms with van der Waals surface area (Å²) in [5.41, 5.74) is 1.01. The quantitative estimate of drug-likeness (QED) is 0.864. The lowest BCUT2D eigenvalue weighted by Crippen LogP contribution is -2.26. The molecule has 20 heavy (non-hydrogen) atoms. The number of aromatic nitrogens is 2. The number of aryl methyl sites for hydroxylation is 2. The summed E-state index contributed by atoms with van der Waals surface area (Å²) >= 11 is 1.26. The lowest BCUT2D eigenvalue weighted by atomic mass is 10.2. The Balaban J connectivity index is 1.89. The number of hydrogen-bond acceptors (Lipinski definition) is 6. The van der Waals surface area contributed by atoms with Crippen LogP contribution in [0, 0.1) is 13.8 Å². The lowest BCUT2D eigenvalue weighted by molar-refractivity contribution is 0.0690. The molecule has 2 aromatic rings. The Morgan fingerprint density at radius 3 is 2.75 bits per heavy atom. The third kappa shape index (κ3) is 3.02. The van der Waals surface area contributed by atoms with Gasteiger partial charge >= 0.3 is 5.97 Å². The molecule has 0 saturated carbocycles. The summed E-state index contributed by atoms with van der Waals surface area (Å²) in [6.07, 6.45) is 0.479. The van der Waals surface area contributed by atoms with Gasteiger partial charge in [-0.3, -0.25) is 4.79 Å².